The number of halogens is 3. The van der Waals surface area contributed by atoms with Gasteiger partial charge in [0.15, 0.2) is 23.2 Å². The van der Waals surface area contributed by atoms with Crippen LogP contribution in [0.15, 0.2) is 42.7 Å². The molecule has 4 rings (SSSR count). The SMILES string of the molecule is Cc1ccc(F)cc1-c1nc2c(N)ncn(Cc3c(Cl)cccc3Cl)c-2n1. The molecule has 2 aromatic carbocycles. The minimum atomic E-state index is -0.355. The summed E-state index contributed by atoms with van der Waals surface area (Å²) in [5.74, 6) is 0.809. The van der Waals surface area contributed by atoms with E-state index in [9.17, 15) is 4.39 Å². The molecule has 2 N–H and O–H groups in total. The topological polar surface area (TPSA) is 69.6 Å². The van der Waals surface area contributed by atoms with Gasteiger partial charge in [-0.15, -0.1) is 0 Å². The number of nitrogens with zero attached hydrogens (tertiary/aromatic N) is 4. The number of rotatable bonds is 3. The number of nitrogen functional groups attached to an aromatic ring is 1. The van der Waals surface area contributed by atoms with Crippen molar-refractivity contribution in [1.82, 2.24) is 19.5 Å². The molecule has 0 aliphatic carbocycles. The molecule has 0 radical (unpaired) electrons. The van der Waals surface area contributed by atoms with E-state index in [1.807, 2.05) is 6.92 Å². The Kier molecular flexibility index (Phi) is 4.45. The van der Waals surface area contributed by atoms with Gasteiger partial charge in [-0.1, -0.05) is 35.3 Å². The molecule has 2 aliphatic heterocycles. The molecular formula is C19H14Cl2FN5. The molecule has 0 bridgehead atoms. The van der Waals surface area contributed by atoms with E-state index in [0.717, 1.165) is 11.1 Å². The fourth-order valence-electron chi connectivity index (χ4n) is 2.88. The number of imidazole rings is 1. The molecule has 27 heavy (non-hydrogen) atoms. The monoisotopic (exact) mass is 401 g/mol. The quantitative estimate of drug-likeness (QED) is 0.533. The van der Waals surface area contributed by atoms with Crippen LogP contribution < -0.4 is 5.73 Å². The molecular weight excluding hydrogens is 388 g/mol. The van der Waals surface area contributed by atoms with Crippen LogP contribution in [-0.2, 0) is 6.54 Å². The number of hydrogen-bond acceptors (Lipinski definition) is 4. The Balaban J connectivity index is 1.86. The summed E-state index contributed by atoms with van der Waals surface area (Å²) < 4.78 is 15.5. The van der Waals surface area contributed by atoms with Crippen LogP contribution in [0.1, 0.15) is 11.1 Å². The van der Waals surface area contributed by atoms with E-state index in [2.05, 4.69) is 15.0 Å². The van der Waals surface area contributed by atoms with Crippen LogP contribution in [0.2, 0.25) is 10.0 Å². The minimum Gasteiger partial charge on any atom is -0.382 e. The smallest absolute Gasteiger partial charge is 0.166 e. The zero-order valence-electron chi connectivity index (χ0n) is 14.2. The van der Waals surface area contributed by atoms with Crippen LogP contribution in [-0.4, -0.2) is 19.5 Å². The third kappa shape index (κ3) is 3.22. The van der Waals surface area contributed by atoms with E-state index in [-0.39, 0.29) is 11.6 Å². The number of fused-ring (bicyclic) bond motifs is 1. The van der Waals surface area contributed by atoms with Gasteiger partial charge in [-0.2, -0.15) is 0 Å². The summed E-state index contributed by atoms with van der Waals surface area (Å²) in [5, 5.41) is 1.08. The van der Waals surface area contributed by atoms with Crippen molar-refractivity contribution in [3.8, 4) is 22.9 Å². The summed E-state index contributed by atoms with van der Waals surface area (Å²) in [4.78, 5) is 13.2. The highest BCUT2D eigenvalue weighted by molar-refractivity contribution is 6.36. The molecule has 0 unspecified atom stereocenters. The summed E-state index contributed by atoms with van der Waals surface area (Å²) in [6, 6.07) is 9.81. The van der Waals surface area contributed by atoms with Crippen LogP contribution >= 0.6 is 23.2 Å². The minimum absolute atomic E-state index is 0.249. The van der Waals surface area contributed by atoms with Gasteiger partial charge in [-0.25, -0.2) is 19.3 Å². The first-order valence-electron chi connectivity index (χ1n) is 8.12. The first kappa shape index (κ1) is 17.7. The second-order valence-corrected chi connectivity index (χ2v) is 6.95. The van der Waals surface area contributed by atoms with Gasteiger partial charge in [0, 0.05) is 21.2 Å². The fourth-order valence-corrected chi connectivity index (χ4v) is 3.40. The predicted octanol–water partition coefficient (Wildman–Crippen LogP) is 4.83. The van der Waals surface area contributed by atoms with Gasteiger partial charge in [0.05, 0.1) is 12.9 Å². The molecule has 2 heterocycles. The Bertz CT molecular complexity index is 1110. The zero-order valence-corrected chi connectivity index (χ0v) is 15.8. The fraction of sp³-hybridized carbons (Fsp3) is 0.105. The average Bonchev–Trinajstić information content (AvgIpc) is 3.08. The Morgan fingerprint density at radius 2 is 1.85 bits per heavy atom. The Labute approximate surface area is 165 Å². The third-order valence-corrected chi connectivity index (χ3v) is 5.03. The van der Waals surface area contributed by atoms with Gasteiger partial charge in [-0.05, 0) is 36.8 Å². The van der Waals surface area contributed by atoms with Crippen molar-refractivity contribution in [2.24, 2.45) is 0 Å². The average molecular weight is 402 g/mol. The number of aryl methyl sites for hydroxylation is 1. The predicted molar refractivity (Wildman–Crippen MR) is 105 cm³/mol. The molecule has 0 spiro atoms. The van der Waals surface area contributed by atoms with Crippen molar-refractivity contribution in [3.05, 3.63) is 69.7 Å². The molecule has 0 saturated carbocycles. The highest BCUT2D eigenvalue weighted by Gasteiger charge is 2.21. The molecule has 0 aromatic heterocycles. The summed E-state index contributed by atoms with van der Waals surface area (Å²) in [6.07, 6.45) is 1.56. The van der Waals surface area contributed by atoms with Crippen molar-refractivity contribution in [2.45, 2.75) is 13.5 Å². The summed E-state index contributed by atoms with van der Waals surface area (Å²) >= 11 is 12.6. The van der Waals surface area contributed by atoms with E-state index < -0.39 is 0 Å². The van der Waals surface area contributed by atoms with Gasteiger partial charge in [-0.3, -0.25) is 0 Å². The van der Waals surface area contributed by atoms with Crippen LogP contribution in [0.5, 0.6) is 0 Å². The molecule has 0 saturated heterocycles. The maximum atomic E-state index is 13.7. The van der Waals surface area contributed by atoms with E-state index in [4.69, 9.17) is 28.9 Å². The van der Waals surface area contributed by atoms with E-state index in [1.54, 1.807) is 35.2 Å². The Morgan fingerprint density at radius 3 is 2.59 bits per heavy atom. The van der Waals surface area contributed by atoms with E-state index in [1.165, 1.54) is 12.1 Å². The second kappa shape index (κ2) is 6.79. The first-order chi connectivity index (χ1) is 12.9. The van der Waals surface area contributed by atoms with Gasteiger partial charge in [0.1, 0.15) is 5.82 Å². The largest absolute Gasteiger partial charge is 0.382 e. The standard InChI is InChI=1S/C19H14Cl2FN5/c1-10-5-6-11(22)7-12(10)18-25-16-17(23)24-9-27(19(16)26-18)8-13-14(20)3-2-4-15(13)21/h2-7,9H,8,23H2,1H3. The van der Waals surface area contributed by atoms with Gasteiger partial charge in [0.25, 0.3) is 0 Å². The summed E-state index contributed by atoms with van der Waals surface area (Å²) in [5.41, 5.74) is 8.63. The summed E-state index contributed by atoms with van der Waals surface area (Å²) in [7, 11) is 0. The van der Waals surface area contributed by atoms with E-state index in [0.29, 0.717) is 39.5 Å². The maximum absolute atomic E-state index is 13.7. The molecule has 2 aromatic rings. The second-order valence-electron chi connectivity index (χ2n) is 6.14. The molecule has 2 aliphatic rings. The molecule has 136 valence electrons. The van der Waals surface area contributed by atoms with Crippen molar-refractivity contribution < 1.29 is 4.39 Å². The van der Waals surface area contributed by atoms with Gasteiger partial charge >= 0.3 is 0 Å². The Hall–Kier alpha value is -2.70. The van der Waals surface area contributed by atoms with Crippen molar-refractivity contribution >= 4 is 29.0 Å². The Morgan fingerprint density at radius 1 is 1.11 bits per heavy atom. The lowest BCUT2D eigenvalue weighted by Gasteiger charge is -2.13. The highest BCUT2D eigenvalue weighted by Crippen LogP contribution is 2.32. The lowest BCUT2D eigenvalue weighted by molar-refractivity contribution is 0.628. The van der Waals surface area contributed by atoms with Crippen molar-refractivity contribution in [3.63, 3.8) is 0 Å². The molecule has 5 nitrogen and oxygen atoms in total. The van der Waals surface area contributed by atoms with Gasteiger partial charge in [0.2, 0.25) is 0 Å². The highest BCUT2D eigenvalue weighted by atomic mass is 35.5. The lowest BCUT2D eigenvalue weighted by atomic mass is 10.1. The zero-order chi connectivity index (χ0) is 19.1. The number of aromatic nitrogens is 4. The maximum Gasteiger partial charge on any atom is 0.166 e. The molecule has 0 fully saturated rings. The summed E-state index contributed by atoms with van der Waals surface area (Å²) in [6.45, 7) is 2.22. The van der Waals surface area contributed by atoms with Crippen LogP contribution in [0, 0.1) is 12.7 Å². The molecule has 8 heteroatoms. The van der Waals surface area contributed by atoms with Crippen molar-refractivity contribution in [1.29, 1.82) is 0 Å². The van der Waals surface area contributed by atoms with Crippen LogP contribution in [0.4, 0.5) is 10.2 Å². The van der Waals surface area contributed by atoms with Crippen LogP contribution in [0.3, 0.4) is 0 Å². The first-order valence-corrected chi connectivity index (χ1v) is 8.87. The van der Waals surface area contributed by atoms with Gasteiger partial charge < -0.3 is 10.3 Å². The number of hydrogen-bond donors (Lipinski definition) is 1. The third-order valence-electron chi connectivity index (χ3n) is 4.32. The molecule has 0 atom stereocenters. The van der Waals surface area contributed by atoms with Crippen LogP contribution in [0.25, 0.3) is 22.9 Å². The number of nitrogens with two attached hydrogens (primary N) is 1. The lowest BCUT2D eigenvalue weighted by Crippen LogP contribution is -2.09. The number of benzene rings is 2. The number of anilines is 1. The normalized spacial score (nSPS) is 11.3. The molecule has 0 amide bonds. The van der Waals surface area contributed by atoms with E-state index >= 15 is 0 Å². The van der Waals surface area contributed by atoms with Crippen molar-refractivity contribution in [2.75, 3.05) is 5.73 Å².